The fourth-order valence-corrected chi connectivity index (χ4v) is 6.61. The average molecular weight is 690 g/mol. The molecule has 1 aliphatic carbocycles. The number of aromatic nitrogens is 4. The summed E-state index contributed by atoms with van der Waals surface area (Å²) in [5.74, 6) is 1.11. The van der Waals surface area contributed by atoms with Crippen molar-refractivity contribution in [2.75, 3.05) is 33.7 Å². The van der Waals surface area contributed by atoms with Gasteiger partial charge in [-0.15, -0.1) is 0 Å². The summed E-state index contributed by atoms with van der Waals surface area (Å²) in [5, 5.41) is 12.8. The minimum absolute atomic E-state index is 0.0917. The normalized spacial score (nSPS) is 15.0. The number of carbonyl (C=O) groups excluding carboxylic acids is 2. The van der Waals surface area contributed by atoms with Crippen LogP contribution in [0.3, 0.4) is 0 Å². The Morgan fingerprint density at radius 1 is 0.673 bits per heavy atom. The lowest BCUT2D eigenvalue weighted by molar-refractivity contribution is 0.0992. The van der Waals surface area contributed by atoms with Crippen molar-refractivity contribution in [2.45, 2.75) is 18.9 Å². The van der Waals surface area contributed by atoms with Crippen LogP contribution in [0.4, 0.5) is 45.8 Å². The van der Waals surface area contributed by atoms with E-state index in [4.69, 9.17) is 28.3 Å². The van der Waals surface area contributed by atoms with Crippen LogP contribution in [0, 0.1) is 0 Å². The topological polar surface area (TPSA) is 93.6 Å². The Morgan fingerprint density at radius 2 is 1.20 bits per heavy atom. The second kappa shape index (κ2) is 12.1. The maximum Gasteiger partial charge on any atom is 0.268 e. The number of fused-ring (bicyclic) bond motifs is 4. The van der Waals surface area contributed by atoms with Crippen LogP contribution >= 0.6 is 23.2 Å². The molecule has 4 heterocycles. The van der Waals surface area contributed by atoms with Crippen molar-refractivity contribution in [1.29, 1.82) is 0 Å². The third kappa shape index (κ3) is 5.39. The highest BCUT2D eigenvalue weighted by Crippen LogP contribution is 2.46. The summed E-state index contributed by atoms with van der Waals surface area (Å²) >= 11 is 12.4. The smallest absolute Gasteiger partial charge is 0.268 e. The number of anilines is 8. The van der Waals surface area contributed by atoms with E-state index in [0.717, 1.165) is 47.0 Å². The quantitative estimate of drug-likeness (QED) is 0.199. The summed E-state index contributed by atoms with van der Waals surface area (Å²) in [5.41, 5.74) is 5.97. The lowest BCUT2D eigenvalue weighted by Crippen LogP contribution is -2.25. The number of H-pyrrole nitrogens is 1. The second-order valence-electron chi connectivity index (χ2n) is 12.0. The number of carbonyl (C=O) groups is 2. The highest BCUT2D eigenvalue weighted by Gasteiger charge is 2.36. The Kier molecular flexibility index (Phi) is 7.62. The van der Waals surface area contributed by atoms with Gasteiger partial charge >= 0.3 is 0 Å². The predicted molar refractivity (Wildman–Crippen MR) is 194 cm³/mol. The molecule has 49 heavy (non-hydrogen) atoms. The molecule has 0 unspecified atom stereocenters. The van der Waals surface area contributed by atoms with Gasteiger partial charge in [-0.05, 0) is 73.5 Å². The molecular weight excluding hydrogens is 659 g/mol. The fourth-order valence-electron chi connectivity index (χ4n) is 6.28. The molecule has 0 radical (unpaired) electrons. The molecular formula is C37H30Cl2N8O2. The summed E-state index contributed by atoms with van der Waals surface area (Å²) in [4.78, 5) is 33.9. The van der Waals surface area contributed by atoms with Crippen LogP contribution in [0.1, 0.15) is 39.6 Å². The molecule has 1 fully saturated rings. The van der Waals surface area contributed by atoms with Crippen LogP contribution in [0.2, 0.25) is 10.0 Å². The zero-order chi connectivity index (χ0) is 33.8. The van der Waals surface area contributed by atoms with E-state index in [0.29, 0.717) is 38.8 Å². The van der Waals surface area contributed by atoms with Gasteiger partial charge < -0.3 is 9.80 Å². The number of hydrogen-bond acceptors (Lipinski definition) is 6. The third-order valence-electron chi connectivity index (χ3n) is 8.88. The van der Waals surface area contributed by atoms with Crippen LogP contribution in [-0.2, 0) is 0 Å². The zero-order valence-corrected chi connectivity index (χ0v) is 28.1. The number of amides is 2. The second-order valence-corrected chi connectivity index (χ2v) is 12.9. The van der Waals surface area contributed by atoms with E-state index in [-0.39, 0.29) is 11.8 Å². The monoisotopic (exact) mass is 688 g/mol. The maximum atomic E-state index is 13.5. The standard InChI is InChI=1S/C20H17ClN4O.C17H13ClN4O/c1-23-17-10-7-13(21)11-18(17)25(15-5-3-2-4-6-15)20(26)16-12-24(14-8-9-14)22-19(16)23;1-21-14-8-7-11(18)9-15(14)22(12-5-3-2-4-6-12)17(23)13-10-19-20-16(13)21/h2-7,10-12,14H,8-9H2,1H3;2-10H,1H3,(H,19,20). The number of nitrogens with zero attached hydrogens (tertiary/aromatic N) is 7. The molecule has 6 aromatic rings. The minimum Gasteiger partial charge on any atom is -0.327 e. The first kappa shape index (κ1) is 30.7. The maximum absolute atomic E-state index is 13.5. The predicted octanol–water partition coefficient (Wildman–Crippen LogP) is 9.05. The SMILES string of the molecule is CN1c2ccc(Cl)cc2N(c2ccccc2)C(=O)c2cn(C3CC3)nc21.CN1c2ccc(Cl)cc2N(c2ccccc2)C(=O)c2cn[nH]c21. The molecule has 0 saturated heterocycles. The molecule has 2 aliphatic heterocycles. The van der Waals surface area contributed by atoms with E-state index in [2.05, 4.69) is 10.2 Å². The highest BCUT2D eigenvalue weighted by molar-refractivity contribution is 6.32. The van der Waals surface area contributed by atoms with E-state index in [1.54, 1.807) is 22.1 Å². The van der Waals surface area contributed by atoms with E-state index in [1.807, 2.05) is 126 Å². The number of benzene rings is 4. The zero-order valence-electron chi connectivity index (χ0n) is 26.6. The molecule has 2 amide bonds. The number of aromatic amines is 1. The Labute approximate surface area is 292 Å². The summed E-state index contributed by atoms with van der Waals surface area (Å²) in [6.45, 7) is 0. The molecule has 4 aromatic carbocycles. The van der Waals surface area contributed by atoms with Gasteiger partial charge in [0.25, 0.3) is 11.8 Å². The van der Waals surface area contributed by atoms with Gasteiger partial charge in [-0.2, -0.15) is 10.2 Å². The number of hydrogen-bond donors (Lipinski definition) is 1. The average Bonchev–Trinajstić information content (AvgIpc) is 3.70. The first-order valence-electron chi connectivity index (χ1n) is 15.8. The summed E-state index contributed by atoms with van der Waals surface area (Å²) in [7, 11) is 3.84. The van der Waals surface area contributed by atoms with Crippen molar-refractivity contribution in [3.8, 4) is 0 Å². The minimum atomic E-state index is -0.146. The van der Waals surface area contributed by atoms with E-state index < -0.39 is 0 Å². The molecule has 2 aromatic heterocycles. The largest absolute Gasteiger partial charge is 0.327 e. The number of para-hydroxylation sites is 2. The van der Waals surface area contributed by atoms with Crippen LogP contribution in [0.25, 0.3) is 0 Å². The Hall–Kier alpha value is -5.58. The van der Waals surface area contributed by atoms with Gasteiger partial charge in [-0.1, -0.05) is 59.6 Å². The van der Waals surface area contributed by atoms with Gasteiger partial charge in [0.05, 0.1) is 35.0 Å². The van der Waals surface area contributed by atoms with Crippen molar-refractivity contribution in [3.63, 3.8) is 0 Å². The van der Waals surface area contributed by atoms with Crippen LogP contribution in [0.15, 0.2) is 109 Å². The van der Waals surface area contributed by atoms with Gasteiger partial charge in [0.15, 0.2) is 5.82 Å². The first-order valence-corrected chi connectivity index (χ1v) is 16.5. The van der Waals surface area contributed by atoms with Gasteiger partial charge in [-0.25, -0.2) is 0 Å². The highest BCUT2D eigenvalue weighted by atomic mass is 35.5. The lowest BCUT2D eigenvalue weighted by atomic mass is 10.2. The van der Waals surface area contributed by atoms with E-state index in [9.17, 15) is 9.59 Å². The lowest BCUT2D eigenvalue weighted by Gasteiger charge is -2.25. The summed E-state index contributed by atoms with van der Waals surface area (Å²) in [6, 6.07) is 30.7. The third-order valence-corrected chi connectivity index (χ3v) is 9.35. The molecule has 1 N–H and O–H groups in total. The van der Waals surface area contributed by atoms with Crippen LogP contribution < -0.4 is 19.6 Å². The van der Waals surface area contributed by atoms with Gasteiger partial charge in [0, 0.05) is 41.7 Å². The molecule has 9 rings (SSSR count). The Bertz CT molecular complexity index is 2210. The molecule has 3 aliphatic rings. The first-order chi connectivity index (χ1) is 23.8. The van der Waals surface area contributed by atoms with E-state index in [1.165, 1.54) is 0 Å². The Balaban J connectivity index is 0.000000143. The molecule has 10 nitrogen and oxygen atoms in total. The van der Waals surface area contributed by atoms with Crippen molar-refractivity contribution in [2.24, 2.45) is 0 Å². The van der Waals surface area contributed by atoms with Crippen LogP contribution in [-0.4, -0.2) is 45.9 Å². The number of halogens is 2. The summed E-state index contributed by atoms with van der Waals surface area (Å²) in [6.07, 6.45) is 5.67. The van der Waals surface area contributed by atoms with Crippen molar-refractivity contribution in [3.05, 3.63) is 131 Å². The molecule has 244 valence electrons. The molecule has 0 atom stereocenters. The molecule has 0 spiro atoms. The van der Waals surface area contributed by atoms with Crippen molar-refractivity contribution < 1.29 is 9.59 Å². The van der Waals surface area contributed by atoms with Gasteiger partial charge in [0.2, 0.25) is 0 Å². The fraction of sp³-hybridized carbons (Fsp3) is 0.135. The Morgan fingerprint density at radius 3 is 1.76 bits per heavy atom. The molecule has 0 bridgehead atoms. The summed E-state index contributed by atoms with van der Waals surface area (Å²) < 4.78 is 1.93. The van der Waals surface area contributed by atoms with Gasteiger partial charge in [0.1, 0.15) is 16.9 Å². The number of nitrogens with one attached hydrogen (secondary N) is 1. The van der Waals surface area contributed by atoms with Crippen molar-refractivity contribution >= 4 is 80.8 Å². The molecule has 12 heteroatoms. The molecule has 1 saturated carbocycles. The van der Waals surface area contributed by atoms with Crippen LogP contribution in [0.5, 0.6) is 0 Å². The number of rotatable bonds is 3. The van der Waals surface area contributed by atoms with E-state index >= 15 is 0 Å². The van der Waals surface area contributed by atoms with Crippen molar-refractivity contribution in [1.82, 2.24) is 20.0 Å². The van der Waals surface area contributed by atoms with Gasteiger partial charge in [-0.3, -0.25) is 29.2 Å².